The molecule has 1 heterocycles. The van der Waals surface area contributed by atoms with Gasteiger partial charge >= 0.3 is 6.03 Å². The van der Waals surface area contributed by atoms with E-state index in [1.165, 1.54) is 13.0 Å². The van der Waals surface area contributed by atoms with Gasteiger partial charge in [0, 0.05) is 11.3 Å². The van der Waals surface area contributed by atoms with Crippen LogP contribution in [0.2, 0.25) is 0 Å². The summed E-state index contributed by atoms with van der Waals surface area (Å²) >= 11 is 0. The number of carbonyl (C=O) groups is 2. The number of ketones is 1. The zero-order chi connectivity index (χ0) is 15.6. The van der Waals surface area contributed by atoms with E-state index in [2.05, 4.69) is 10.6 Å². The lowest BCUT2D eigenvalue weighted by Crippen LogP contribution is -2.44. The molecule has 0 aromatic heterocycles. The van der Waals surface area contributed by atoms with Crippen LogP contribution < -0.4 is 15.4 Å². The fourth-order valence-corrected chi connectivity index (χ4v) is 2.39. The average Bonchev–Trinajstić information content (AvgIpc) is 2.40. The van der Waals surface area contributed by atoms with Gasteiger partial charge in [-0.25, -0.2) is 4.79 Å². The number of urea groups is 1. The number of phenolic OH excluding ortho intramolecular Hbond substituents is 1. The van der Waals surface area contributed by atoms with Gasteiger partial charge in [-0.1, -0.05) is 6.07 Å². The van der Waals surface area contributed by atoms with Crippen LogP contribution in [0.1, 0.15) is 32.4 Å². The molecule has 0 bridgehead atoms. The first-order valence-corrected chi connectivity index (χ1v) is 6.69. The molecule has 2 amide bonds. The highest BCUT2D eigenvalue weighted by atomic mass is 16.5. The average molecular weight is 290 g/mol. The zero-order valence-corrected chi connectivity index (χ0v) is 12.2. The Hall–Kier alpha value is -2.50. The predicted octanol–water partition coefficient (Wildman–Crippen LogP) is 2.01. The van der Waals surface area contributed by atoms with Gasteiger partial charge in [-0.3, -0.25) is 4.79 Å². The summed E-state index contributed by atoms with van der Waals surface area (Å²) in [7, 11) is 0. The standard InChI is InChI=1S/C15H18N2O4/c1-4-21-12-7-10(5-6-11(12)19)14-13(9(3)18)8(2)16-15(20)17-14/h5-7,14,19H,4H2,1-3H3,(H2,16,17,20)/t14-/m1/s1. The van der Waals surface area contributed by atoms with E-state index in [0.29, 0.717) is 29.2 Å². The van der Waals surface area contributed by atoms with Crippen molar-refractivity contribution in [1.29, 1.82) is 0 Å². The topological polar surface area (TPSA) is 87.7 Å². The molecule has 2 rings (SSSR count). The fourth-order valence-electron chi connectivity index (χ4n) is 2.39. The van der Waals surface area contributed by atoms with Crippen molar-refractivity contribution in [3.63, 3.8) is 0 Å². The second-order valence-electron chi connectivity index (χ2n) is 4.79. The van der Waals surface area contributed by atoms with Crippen LogP contribution in [-0.2, 0) is 4.79 Å². The number of hydrogen-bond acceptors (Lipinski definition) is 4. The van der Waals surface area contributed by atoms with Gasteiger partial charge in [0.25, 0.3) is 0 Å². The Morgan fingerprint density at radius 2 is 2.14 bits per heavy atom. The van der Waals surface area contributed by atoms with E-state index in [1.54, 1.807) is 19.1 Å². The monoisotopic (exact) mass is 290 g/mol. The molecule has 1 atom stereocenters. The molecule has 21 heavy (non-hydrogen) atoms. The van der Waals surface area contributed by atoms with Gasteiger partial charge in [0.2, 0.25) is 0 Å². The van der Waals surface area contributed by atoms with Crippen LogP contribution in [0.3, 0.4) is 0 Å². The van der Waals surface area contributed by atoms with E-state index in [9.17, 15) is 14.7 Å². The summed E-state index contributed by atoms with van der Waals surface area (Å²) in [6.07, 6.45) is 0. The summed E-state index contributed by atoms with van der Waals surface area (Å²) in [6.45, 7) is 5.36. The highest BCUT2D eigenvalue weighted by Gasteiger charge is 2.29. The summed E-state index contributed by atoms with van der Waals surface area (Å²) in [4.78, 5) is 23.5. The molecule has 1 aliphatic rings. The molecule has 0 spiro atoms. The number of ether oxygens (including phenoxy) is 1. The van der Waals surface area contributed by atoms with Gasteiger partial charge in [0.1, 0.15) is 0 Å². The van der Waals surface area contributed by atoms with Crippen LogP contribution in [0.15, 0.2) is 29.5 Å². The normalized spacial score (nSPS) is 18.0. The summed E-state index contributed by atoms with van der Waals surface area (Å²) in [5.41, 5.74) is 1.70. The number of amides is 2. The largest absolute Gasteiger partial charge is 0.504 e. The molecule has 1 aromatic rings. The van der Waals surface area contributed by atoms with Crippen LogP contribution in [-0.4, -0.2) is 23.5 Å². The Balaban J connectivity index is 2.48. The minimum absolute atomic E-state index is 0.0194. The van der Waals surface area contributed by atoms with Crippen LogP contribution in [0.4, 0.5) is 4.79 Å². The lowest BCUT2D eigenvalue weighted by molar-refractivity contribution is -0.114. The first-order valence-electron chi connectivity index (χ1n) is 6.69. The van der Waals surface area contributed by atoms with Gasteiger partial charge in [-0.2, -0.15) is 0 Å². The quantitative estimate of drug-likeness (QED) is 0.791. The molecule has 0 aliphatic carbocycles. The molecule has 6 nitrogen and oxygen atoms in total. The molecule has 1 aromatic carbocycles. The molecule has 112 valence electrons. The molecular weight excluding hydrogens is 272 g/mol. The third-order valence-corrected chi connectivity index (χ3v) is 3.27. The smallest absolute Gasteiger partial charge is 0.319 e. The van der Waals surface area contributed by atoms with Crippen LogP contribution in [0.5, 0.6) is 11.5 Å². The van der Waals surface area contributed by atoms with E-state index < -0.39 is 6.04 Å². The third-order valence-electron chi connectivity index (χ3n) is 3.27. The van der Waals surface area contributed by atoms with E-state index in [4.69, 9.17) is 4.74 Å². The highest BCUT2D eigenvalue weighted by Crippen LogP contribution is 2.33. The van der Waals surface area contributed by atoms with Crippen molar-refractivity contribution in [2.45, 2.75) is 26.8 Å². The van der Waals surface area contributed by atoms with Crippen molar-refractivity contribution in [1.82, 2.24) is 10.6 Å². The summed E-state index contributed by atoms with van der Waals surface area (Å²) in [6, 6.07) is 3.85. The number of allylic oxidation sites excluding steroid dienone is 1. The highest BCUT2D eigenvalue weighted by molar-refractivity contribution is 5.98. The van der Waals surface area contributed by atoms with E-state index >= 15 is 0 Å². The number of phenols is 1. The number of aromatic hydroxyl groups is 1. The zero-order valence-electron chi connectivity index (χ0n) is 12.2. The fraction of sp³-hybridized carbons (Fsp3) is 0.333. The molecule has 0 saturated heterocycles. The van der Waals surface area contributed by atoms with Crippen LogP contribution in [0.25, 0.3) is 0 Å². The molecule has 3 N–H and O–H groups in total. The summed E-state index contributed by atoms with van der Waals surface area (Å²) < 4.78 is 5.34. The van der Waals surface area contributed by atoms with Crippen molar-refractivity contribution < 1.29 is 19.4 Å². The molecule has 0 unspecified atom stereocenters. The lowest BCUT2D eigenvalue weighted by atomic mass is 9.93. The van der Waals surface area contributed by atoms with Crippen molar-refractivity contribution in [2.75, 3.05) is 6.61 Å². The number of benzene rings is 1. The van der Waals surface area contributed by atoms with Crippen LogP contribution in [0, 0.1) is 0 Å². The molecule has 0 fully saturated rings. The first kappa shape index (κ1) is 14.9. The number of rotatable bonds is 4. The number of hydrogen-bond donors (Lipinski definition) is 3. The van der Waals surface area contributed by atoms with Crippen LogP contribution >= 0.6 is 0 Å². The van der Waals surface area contributed by atoms with Crippen molar-refractivity contribution in [3.05, 3.63) is 35.0 Å². The second-order valence-corrected chi connectivity index (χ2v) is 4.79. The molecule has 6 heteroatoms. The number of nitrogens with one attached hydrogen (secondary N) is 2. The maximum Gasteiger partial charge on any atom is 0.319 e. The lowest BCUT2D eigenvalue weighted by Gasteiger charge is -2.28. The maximum atomic E-state index is 11.8. The molecule has 1 aliphatic heterocycles. The van der Waals surface area contributed by atoms with Gasteiger partial charge in [0.15, 0.2) is 17.3 Å². The predicted molar refractivity (Wildman–Crippen MR) is 77.1 cm³/mol. The van der Waals surface area contributed by atoms with Gasteiger partial charge in [0.05, 0.1) is 12.6 Å². The van der Waals surface area contributed by atoms with E-state index in [-0.39, 0.29) is 17.6 Å². The minimum Gasteiger partial charge on any atom is -0.504 e. The van der Waals surface area contributed by atoms with Gasteiger partial charge in [-0.15, -0.1) is 0 Å². The van der Waals surface area contributed by atoms with Crippen molar-refractivity contribution in [3.8, 4) is 11.5 Å². The minimum atomic E-state index is -0.559. The molecule has 0 radical (unpaired) electrons. The van der Waals surface area contributed by atoms with Crippen molar-refractivity contribution in [2.24, 2.45) is 0 Å². The van der Waals surface area contributed by atoms with Crippen molar-refractivity contribution >= 4 is 11.8 Å². The van der Waals surface area contributed by atoms with E-state index in [1.807, 2.05) is 6.92 Å². The Labute approximate surface area is 122 Å². The Morgan fingerprint density at radius 3 is 2.76 bits per heavy atom. The van der Waals surface area contributed by atoms with Gasteiger partial charge < -0.3 is 20.5 Å². The number of Topliss-reactive ketones (excluding diaryl/α,β-unsaturated/α-hetero) is 1. The Bertz CT molecular complexity index is 622. The molecular formula is C15H18N2O4. The summed E-state index contributed by atoms with van der Waals surface area (Å²) in [5.74, 6) is 0.213. The maximum absolute atomic E-state index is 11.8. The van der Waals surface area contributed by atoms with E-state index in [0.717, 1.165) is 0 Å². The Morgan fingerprint density at radius 1 is 1.43 bits per heavy atom. The SMILES string of the molecule is CCOc1cc([C@H]2NC(=O)NC(C)=C2C(C)=O)ccc1O. The second kappa shape index (κ2) is 5.87. The Kier molecular flexibility index (Phi) is 4.16. The third kappa shape index (κ3) is 2.99. The number of carbonyl (C=O) groups excluding carboxylic acids is 2. The molecule has 0 saturated carbocycles. The summed E-state index contributed by atoms with van der Waals surface area (Å²) in [5, 5.41) is 15.0. The van der Waals surface area contributed by atoms with Gasteiger partial charge in [-0.05, 0) is 38.5 Å². The first-order chi connectivity index (χ1) is 9.93.